The fourth-order valence-corrected chi connectivity index (χ4v) is 5.38. The van der Waals surface area contributed by atoms with Crippen LogP contribution in [0.5, 0.6) is 5.75 Å². The van der Waals surface area contributed by atoms with Crippen LogP contribution in [0.15, 0.2) is 48.7 Å². The molecule has 3 rings (SSSR count). The Bertz CT molecular complexity index is 1370. The SMILES string of the molecule is CCCCCCCCc1ccc(OCC(Cn2cc(C(=O)CCCCC(=O)OC)c3cc(C(=O)OC)ccc32)(OC)OC)cc1. The molecule has 9 heteroatoms. The van der Waals surface area contributed by atoms with E-state index in [-0.39, 0.29) is 37.7 Å². The molecule has 0 unspecified atom stereocenters. The lowest BCUT2D eigenvalue weighted by Crippen LogP contribution is -2.44. The van der Waals surface area contributed by atoms with E-state index in [0.29, 0.717) is 35.1 Å². The number of aryl methyl sites for hydroxylation is 1. The largest absolute Gasteiger partial charge is 0.488 e. The van der Waals surface area contributed by atoms with E-state index in [9.17, 15) is 14.4 Å². The molecule has 0 radical (unpaired) electrons. The molecule has 1 heterocycles. The van der Waals surface area contributed by atoms with Crippen LogP contribution >= 0.6 is 0 Å². The molecule has 0 N–H and O–H groups in total. The zero-order chi connectivity index (χ0) is 32.7. The standard InChI is InChI=1S/C36H49NO8/c1-6-7-8-9-10-11-14-27-17-20-29(21-18-27)45-26-36(43-4,44-5)25-37-24-31(33(38)15-12-13-16-34(39)41-2)30-23-28(35(40)42-3)19-22-32(30)37/h17-24H,6-16,25-26H2,1-5H3. The predicted molar refractivity (Wildman–Crippen MR) is 174 cm³/mol. The summed E-state index contributed by atoms with van der Waals surface area (Å²) < 4.78 is 29.4. The molecule has 0 fully saturated rings. The Labute approximate surface area is 267 Å². The molecule has 3 aromatic rings. The number of carbonyl (C=O) groups excluding carboxylic acids is 3. The van der Waals surface area contributed by atoms with Crippen LogP contribution < -0.4 is 4.74 Å². The molecule has 0 saturated carbocycles. The maximum Gasteiger partial charge on any atom is 0.337 e. The summed E-state index contributed by atoms with van der Waals surface area (Å²) in [4.78, 5) is 37.1. The van der Waals surface area contributed by atoms with Gasteiger partial charge in [0.25, 0.3) is 0 Å². The van der Waals surface area contributed by atoms with Crippen molar-refractivity contribution in [3.05, 3.63) is 65.4 Å². The van der Waals surface area contributed by atoms with Crippen LogP contribution in [0.1, 0.15) is 97.4 Å². The van der Waals surface area contributed by atoms with Gasteiger partial charge in [-0.2, -0.15) is 0 Å². The third-order valence-electron chi connectivity index (χ3n) is 8.22. The lowest BCUT2D eigenvalue weighted by molar-refractivity contribution is -0.229. The smallest absolute Gasteiger partial charge is 0.337 e. The van der Waals surface area contributed by atoms with Gasteiger partial charge in [0.1, 0.15) is 12.4 Å². The first-order valence-corrected chi connectivity index (χ1v) is 15.9. The number of hydrogen-bond donors (Lipinski definition) is 0. The van der Waals surface area contributed by atoms with E-state index in [1.54, 1.807) is 38.6 Å². The van der Waals surface area contributed by atoms with Gasteiger partial charge in [-0.3, -0.25) is 9.59 Å². The minimum absolute atomic E-state index is 0.0941. The Balaban J connectivity index is 1.74. The number of fused-ring (bicyclic) bond motifs is 1. The third kappa shape index (κ3) is 10.4. The van der Waals surface area contributed by atoms with Crippen LogP contribution in [0.25, 0.3) is 10.9 Å². The number of ether oxygens (including phenoxy) is 5. The van der Waals surface area contributed by atoms with Gasteiger partial charge in [-0.1, -0.05) is 51.2 Å². The molecule has 2 aromatic carbocycles. The molecule has 0 aliphatic carbocycles. The van der Waals surface area contributed by atoms with E-state index in [4.69, 9.17) is 23.7 Å². The van der Waals surface area contributed by atoms with E-state index in [1.807, 2.05) is 16.7 Å². The van der Waals surface area contributed by atoms with E-state index in [0.717, 1.165) is 11.9 Å². The number of methoxy groups -OCH3 is 4. The second-order valence-corrected chi connectivity index (χ2v) is 11.4. The van der Waals surface area contributed by atoms with Crippen molar-refractivity contribution in [3.8, 4) is 5.75 Å². The highest BCUT2D eigenvalue weighted by molar-refractivity contribution is 6.09. The fourth-order valence-electron chi connectivity index (χ4n) is 5.38. The van der Waals surface area contributed by atoms with Gasteiger partial charge in [-0.05, 0) is 61.6 Å². The number of ketones is 1. The van der Waals surface area contributed by atoms with Gasteiger partial charge in [-0.25, -0.2) is 4.79 Å². The van der Waals surface area contributed by atoms with E-state index in [1.165, 1.54) is 58.3 Å². The monoisotopic (exact) mass is 623 g/mol. The summed E-state index contributed by atoms with van der Waals surface area (Å²) in [5.41, 5.74) is 2.83. The van der Waals surface area contributed by atoms with Crippen LogP contribution in [0, 0.1) is 0 Å². The summed E-state index contributed by atoms with van der Waals surface area (Å²) in [6.45, 7) is 2.56. The van der Waals surface area contributed by atoms with Crippen molar-refractivity contribution in [3.63, 3.8) is 0 Å². The number of unbranched alkanes of at least 4 members (excludes halogenated alkanes) is 6. The summed E-state index contributed by atoms with van der Waals surface area (Å²) in [7, 11) is 5.79. The number of carbonyl (C=O) groups is 3. The Morgan fingerprint density at radius 1 is 0.778 bits per heavy atom. The highest BCUT2D eigenvalue weighted by Crippen LogP contribution is 2.28. The summed E-state index contributed by atoms with van der Waals surface area (Å²) in [5.74, 6) is -1.34. The van der Waals surface area contributed by atoms with Crippen molar-refractivity contribution in [1.82, 2.24) is 4.57 Å². The summed E-state index contributed by atoms with van der Waals surface area (Å²) >= 11 is 0. The third-order valence-corrected chi connectivity index (χ3v) is 8.22. The molecule has 0 spiro atoms. The lowest BCUT2D eigenvalue weighted by Gasteiger charge is -2.31. The predicted octanol–water partition coefficient (Wildman–Crippen LogP) is 7.32. The molecule has 0 amide bonds. The molecule has 0 atom stereocenters. The molecule has 45 heavy (non-hydrogen) atoms. The minimum Gasteiger partial charge on any atom is -0.488 e. The second kappa shape index (κ2) is 18.3. The van der Waals surface area contributed by atoms with Gasteiger partial charge in [-0.15, -0.1) is 0 Å². The number of benzene rings is 2. The molecular weight excluding hydrogens is 574 g/mol. The van der Waals surface area contributed by atoms with Gasteiger partial charge < -0.3 is 28.3 Å². The van der Waals surface area contributed by atoms with Crippen molar-refractivity contribution in [2.24, 2.45) is 0 Å². The summed E-state index contributed by atoms with van der Waals surface area (Å²) in [5, 5.41) is 0.624. The molecule has 1 aromatic heterocycles. The molecule has 0 aliphatic rings. The highest BCUT2D eigenvalue weighted by Gasteiger charge is 2.33. The molecule has 246 valence electrons. The van der Waals surface area contributed by atoms with Crippen LogP contribution in [0.4, 0.5) is 0 Å². The van der Waals surface area contributed by atoms with Crippen LogP contribution in [-0.4, -0.2) is 63.1 Å². The zero-order valence-electron chi connectivity index (χ0n) is 27.5. The summed E-state index contributed by atoms with van der Waals surface area (Å²) in [6, 6.07) is 13.3. The van der Waals surface area contributed by atoms with E-state index < -0.39 is 11.8 Å². The number of esters is 2. The highest BCUT2D eigenvalue weighted by atomic mass is 16.7. The van der Waals surface area contributed by atoms with Gasteiger partial charge in [0.15, 0.2) is 5.78 Å². The average molecular weight is 624 g/mol. The molecule has 0 bridgehead atoms. The van der Waals surface area contributed by atoms with Crippen molar-refractivity contribution in [2.75, 3.05) is 35.0 Å². The van der Waals surface area contributed by atoms with Gasteiger partial charge in [0.2, 0.25) is 5.79 Å². The number of Topliss-reactive ketones (excluding diaryl/α,β-unsaturated/α-hetero) is 1. The molecule has 9 nitrogen and oxygen atoms in total. The number of aromatic nitrogens is 1. The fraction of sp³-hybridized carbons (Fsp3) is 0.528. The minimum atomic E-state index is -1.16. The first-order valence-electron chi connectivity index (χ1n) is 15.9. The topological polar surface area (TPSA) is 102 Å². The Kier molecular flexibility index (Phi) is 14.6. The maximum absolute atomic E-state index is 13.4. The number of nitrogens with zero attached hydrogens (tertiary/aromatic N) is 1. The van der Waals surface area contributed by atoms with Crippen LogP contribution in [0.2, 0.25) is 0 Å². The first-order chi connectivity index (χ1) is 21.8. The zero-order valence-corrected chi connectivity index (χ0v) is 27.5. The molecule has 0 saturated heterocycles. The summed E-state index contributed by atoms with van der Waals surface area (Å²) in [6.07, 6.45) is 12.0. The van der Waals surface area contributed by atoms with Crippen molar-refractivity contribution in [2.45, 2.75) is 89.9 Å². The second-order valence-electron chi connectivity index (χ2n) is 11.4. The Morgan fingerprint density at radius 3 is 2.13 bits per heavy atom. The Morgan fingerprint density at radius 2 is 1.47 bits per heavy atom. The van der Waals surface area contributed by atoms with Crippen molar-refractivity contribution < 1.29 is 38.1 Å². The van der Waals surface area contributed by atoms with Gasteiger partial charge >= 0.3 is 11.9 Å². The number of rotatable bonds is 21. The average Bonchev–Trinajstić information content (AvgIpc) is 3.43. The molecular formula is C36H49NO8. The van der Waals surface area contributed by atoms with Crippen molar-refractivity contribution in [1.29, 1.82) is 0 Å². The number of hydrogen-bond acceptors (Lipinski definition) is 8. The lowest BCUT2D eigenvalue weighted by atomic mass is 10.0. The van der Waals surface area contributed by atoms with Crippen LogP contribution in [-0.2, 0) is 36.7 Å². The Hall–Kier alpha value is -3.69. The van der Waals surface area contributed by atoms with E-state index in [2.05, 4.69) is 19.1 Å². The molecule has 0 aliphatic heterocycles. The first kappa shape index (κ1) is 35.8. The normalized spacial score (nSPS) is 11.5. The quantitative estimate of drug-likeness (QED) is 0.0527. The van der Waals surface area contributed by atoms with Crippen LogP contribution in [0.3, 0.4) is 0 Å². The van der Waals surface area contributed by atoms with E-state index >= 15 is 0 Å². The van der Waals surface area contributed by atoms with Crippen molar-refractivity contribution >= 4 is 28.6 Å². The van der Waals surface area contributed by atoms with Gasteiger partial charge in [0.05, 0.1) is 26.3 Å². The maximum atomic E-state index is 13.4. The van der Waals surface area contributed by atoms with Gasteiger partial charge in [0, 0.05) is 49.7 Å².